The minimum absolute atomic E-state index is 0.970. The van der Waals surface area contributed by atoms with Gasteiger partial charge in [-0.1, -0.05) is 24.3 Å². The minimum atomic E-state index is 0.970. The molecule has 0 unspecified atom stereocenters. The van der Waals surface area contributed by atoms with Gasteiger partial charge in [-0.2, -0.15) is 0 Å². The van der Waals surface area contributed by atoms with Gasteiger partial charge in [0.2, 0.25) is 0 Å². The first-order valence-corrected chi connectivity index (χ1v) is 4.24. The van der Waals surface area contributed by atoms with Gasteiger partial charge in [0.1, 0.15) is 5.82 Å². The van der Waals surface area contributed by atoms with E-state index in [0.29, 0.717) is 0 Å². The third kappa shape index (κ3) is 1.47. The van der Waals surface area contributed by atoms with Crippen LogP contribution < -0.4 is 0 Å². The molecule has 0 spiro atoms. The van der Waals surface area contributed by atoms with Crippen molar-refractivity contribution in [3.05, 3.63) is 42.2 Å². The second-order valence-corrected chi connectivity index (χ2v) is 3.09. The predicted molar refractivity (Wildman–Crippen MR) is 52.2 cm³/mol. The maximum Gasteiger partial charge on any atom is 0.140 e. The lowest BCUT2D eigenvalue weighted by molar-refractivity contribution is 0.924. The van der Waals surface area contributed by atoms with Gasteiger partial charge in [-0.3, -0.25) is 0 Å². The first-order chi connectivity index (χ1) is 6.27. The van der Waals surface area contributed by atoms with Crippen molar-refractivity contribution in [1.82, 2.24) is 9.55 Å². The van der Waals surface area contributed by atoms with E-state index in [-0.39, 0.29) is 0 Å². The maximum atomic E-state index is 4.41. The summed E-state index contributed by atoms with van der Waals surface area (Å²) in [6.07, 6.45) is 2.01. The third-order valence-corrected chi connectivity index (χ3v) is 1.95. The van der Waals surface area contributed by atoms with Crippen molar-refractivity contribution in [3.8, 4) is 11.4 Å². The Labute approximate surface area is 77.9 Å². The lowest BCUT2D eigenvalue weighted by atomic mass is 10.2. The largest absolute Gasteiger partial charge is 0.334 e. The van der Waals surface area contributed by atoms with Crippen LogP contribution in [0.2, 0.25) is 0 Å². The average molecular weight is 171 g/mol. The van der Waals surface area contributed by atoms with E-state index in [1.54, 1.807) is 0 Å². The number of aromatic nitrogens is 2. The Morgan fingerprint density at radius 3 is 2.77 bits per heavy atom. The number of aryl methyl sites for hydroxylation is 2. The molecule has 0 fully saturated rings. The summed E-state index contributed by atoms with van der Waals surface area (Å²) in [6.45, 7) is 1.99. The fraction of sp³-hybridized carbons (Fsp3) is 0.182. The van der Waals surface area contributed by atoms with Crippen molar-refractivity contribution < 1.29 is 0 Å². The van der Waals surface area contributed by atoms with Crippen LogP contribution in [0.25, 0.3) is 11.4 Å². The molecule has 0 aliphatic carbocycles. The highest BCUT2D eigenvalue weighted by Crippen LogP contribution is 2.16. The zero-order chi connectivity index (χ0) is 9.26. The van der Waals surface area contributed by atoms with Gasteiger partial charge in [-0.25, -0.2) is 4.98 Å². The molecule has 2 rings (SSSR count). The molecule has 13 heavy (non-hydrogen) atoms. The van der Waals surface area contributed by atoms with Crippen LogP contribution in [0.5, 0.6) is 0 Å². The van der Waals surface area contributed by atoms with E-state index in [2.05, 4.69) is 11.1 Å². The highest BCUT2D eigenvalue weighted by molar-refractivity contribution is 5.54. The Bertz CT molecular complexity index is 401. The number of benzene rings is 1. The minimum Gasteiger partial charge on any atom is -0.334 e. The molecule has 0 saturated heterocycles. The van der Waals surface area contributed by atoms with Crippen LogP contribution in [-0.4, -0.2) is 9.55 Å². The molecule has 0 saturated carbocycles. The van der Waals surface area contributed by atoms with Crippen LogP contribution in [0.1, 0.15) is 5.69 Å². The highest BCUT2D eigenvalue weighted by Gasteiger charge is 2.03. The van der Waals surface area contributed by atoms with Crippen molar-refractivity contribution in [2.45, 2.75) is 6.92 Å². The second kappa shape index (κ2) is 3.05. The number of hydrogen-bond acceptors (Lipinski definition) is 1. The monoisotopic (exact) mass is 171 g/mol. The van der Waals surface area contributed by atoms with Crippen LogP contribution in [0.4, 0.5) is 0 Å². The molecular formula is C11H11N2. The lowest BCUT2D eigenvalue weighted by Gasteiger charge is -1.99. The van der Waals surface area contributed by atoms with Crippen molar-refractivity contribution in [1.29, 1.82) is 0 Å². The Balaban J connectivity index is 2.53. The lowest BCUT2D eigenvalue weighted by Crippen LogP contribution is -1.90. The zero-order valence-corrected chi connectivity index (χ0v) is 7.78. The molecule has 1 heterocycles. The summed E-state index contributed by atoms with van der Waals surface area (Å²) in [5.41, 5.74) is 2.08. The quantitative estimate of drug-likeness (QED) is 0.643. The van der Waals surface area contributed by atoms with Gasteiger partial charge >= 0.3 is 0 Å². The smallest absolute Gasteiger partial charge is 0.140 e. The van der Waals surface area contributed by atoms with Crippen LogP contribution in [0, 0.1) is 13.0 Å². The van der Waals surface area contributed by atoms with Gasteiger partial charge in [0.25, 0.3) is 0 Å². The molecule has 0 aliphatic heterocycles. The van der Waals surface area contributed by atoms with Crippen LogP contribution >= 0.6 is 0 Å². The van der Waals surface area contributed by atoms with E-state index in [1.165, 1.54) is 0 Å². The van der Waals surface area contributed by atoms with Crippen molar-refractivity contribution in [2.75, 3.05) is 0 Å². The van der Waals surface area contributed by atoms with E-state index in [9.17, 15) is 0 Å². The van der Waals surface area contributed by atoms with Gasteiger partial charge in [-0.15, -0.1) is 0 Å². The van der Waals surface area contributed by atoms with E-state index >= 15 is 0 Å². The summed E-state index contributed by atoms with van der Waals surface area (Å²) in [6, 6.07) is 11.0. The Kier molecular flexibility index (Phi) is 1.89. The molecule has 2 heteroatoms. The van der Waals surface area contributed by atoms with E-state index in [0.717, 1.165) is 17.1 Å². The second-order valence-electron chi connectivity index (χ2n) is 3.09. The van der Waals surface area contributed by atoms with Gasteiger partial charge in [-0.05, 0) is 13.0 Å². The predicted octanol–water partition coefficient (Wildman–Crippen LogP) is 2.20. The summed E-state index contributed by atoms with van der Waals surface area (Å²) in [4.78, 5) is 4.41. The molecule has 1 aromatic carbocycles. The third-order valence-electron chi connectivity index (χ3n) is 1.95. The molecule has 0 atom stereocenters. The molecule has 0 amide bonds. The van der Waals surface area contributed by atoms with E-state index in [4.69, 9.17) is 0 Å². The number of nitrogens with zero attached hydrogens (tertiary/aromatic N) is 2. The highest BCUT2D eigenvalue weighted by atomic mass is 15.0. The Hall–Kier alpha value is -1.57. The normalized spacial score (nSPS) is 10.3. The SMILES string of the molecule is Cc1cn(C)c(-c2[c]cccc2)n1. The molecule has 2 aromatic rings. The Morgan fingerprint density at radius 1 is 1.38 bits per heavy atom. The fourth-order valence-electron chi connectivity index (χ4n) is 1.40. The standard InChI is InChI=1S/C11H11N2/c1-9-8-13(2)11(12-9)10-6-4-3-5-7-10/h3-6,8H,1-2H3. The van der Waals surface area contributed by atoms with Crippen LogP contribution in [0.3, 0.4) is 0 Å². The molecule has 65 valence electrons. The maximum absolute atomic E-state index is 4.41. The van der Waals surface area contributed by atoms with Crippen molar-refractivity contribution >= 4 is 0 Å². The summed E-state index contributed by atoms with van der Waals surface area (Å²) < 4.78 is 2.02. The zero-order valence-electron chi connectivity index (χ0n) is 7.78. The summed E-state index contributed by atoms with van der Waals surface area (Å²) in [7, 11) is 2.00. The van der Waals surface area contributed by atoms with Crippen LogP contribution in [-0.2, 0) is 7.05 Å². The van der Waals surface area contributed by atoms with E-state index in [1.807, 2.05) is 49.0 Å². The molecule has 1 aromatic heterocycles. The van der Waals surface area contributed by atoms with E-state index < -0.39 is 0 Å². The van der Waals surface area contributed by atoms with Gasteiger partial charge < -0.3 is 4.57 Å². The Morgan fingerprint density at radius 2 is 2.23 bits per heavy atom. The number of rotatable bonds is 1. The van der Waals surface area contributed by atoms with Gasteiger partial charge in [0, 0.05) is 18.8 Å². The summed E-state index contributed by atoms with van der Waals surface area (Å²) >= 11 is 0. The first kappa shape index (κ1) is 8.05. The molecule has 1 radical (unpaired) electrons. The first-order valence-electron chi connectivity index (χ1n) is 4.24. The molecule has 2 nitrogen and oxygen atoms in total. The molecule has 0 aliphatic rings. The molecular weight excluding hydrogens is 160 g/mol. The fourth-order valence-corrected chi connectivity index (χ4v) is 1.40. The topological polar surface area (TPSA) is 17.8 Å². The van der Waals surface area contributed by atoms with Crippen LogP contribution in [0.15, 0.2) is 30.5 Å². The molecule has 0 bridgehead atoms. The average Bonchev–Trinajstić information content (AvgIpc) is 2.47. The number of hydrogen-bond donors (Lipinski definition) is 0. The van der Waals surface area contributed by atoms with Gasteiger partial charge in [0.05, 0.1) is 5.69 Å². The summed E-state index contributed by atoms with van der Waals surface area (Å²) in [5.74, 6) is 0.970. The van der Waals surface area contributed by atoms with Crippen molar-refractivity contribution in [3.63, 3.8) is 0 Å². The van der Waals surface area contributed by atoms with Gasteiger partial charge in [0.15, 0.2) is 0 Å². The number of imidazole rings is 1. The summed E-state index contributed by atoms with van der Waals surface area (Å²) in [5, 5.41) is 0. The molecule has 0 N–H and O–H groups in total. The van der Waals surface area contributed by atoms with Crippen molar-refractivity contribution in [2.24, 2.45) is 7.05 Å².